The Kier molecular flexibility index (Phi) is 5.06. The molecule has 0 heterocycles. The van der Waals surface area contributed by atoms with Gasteiger partial charge in [-0.3, -0.25) is 4.31 Å². The maximum atomic E-state index is 12.0. The van der Waals surface area contributed by atoms with E-state index in [4.69, 9.17) is 18.0 Å². The van der Waals surface area contributed by atoms with E-state index in [0.29, 0.717) is 17.8 Å². The molecule has 0 radical (unpaired) electrons. The van der Waals surface area contributed by atoms with Gasteiger partial charge in [0.05, 0.1) is 5.69 Å². The van der Waals surface area contributed by atoms with Crippen LogP contribution in [0.2, 0.25) is 0 Å². The maximum Gasteiger partial charge on any atom is 0.301 e. The van der Waals surface area contributed by atoms with E-state index in [1.54, 1.807) is 24.3 Å². The molecular weight excluding hydrogens is 270 g/mol. The summed E-state index contributed by atoms with van der Waals surface area (Å²) < 4.78 is 27.6. The van der Waals surface area contributed by atoms with Crippen LogP contribution in [0.4, 0.5) is 5.69 Å². The summed E-state index contributed by atoms with van der Waals surface area (Å²) in [5.74, 6) is 0. The Morgan fingerprint density at radius 3 is 2.61 bits per heavy atom. The minimum absolute atomic E-state index is 0.170. The first kappa shape index (κ1) is 14.9. The van der Waals surface area contributed by atoms with Crippen molar-refractivity contribution in [2.45, 2.75) is 13.3 Å². The molecule has 0 atom stereocenters. The molecule has 0 fully saturated rings. The number of thiocarbonyl (C=S) groups is 1. The molecule has 3 N–H and O–H groups in total. The van der Waals surface area contributed by atoms with E-state index in [1.165, 1.54) is 7.05 Å². The van der Waals surface area contributed by atoms with Crippen LogP contribution in [0.1, 0.15) is 18.9 Å². The van der Waals surface area contributed by atoms with Crippen LogP contribution in [-0.4, -0.2) is 27.0 Å². The van der Waals surface area contributed by atoms with Crippen molar-refractivity contribution < 1.29 is 8.42 Å². The van der Waals surface area contributed by atoms with E-state index in [1.807, 2.05) is 6.92 Å². The van der Waals surface area contributed by atoms with Gasteiger partial charge in [0.15, 0.2) is 0 Å². The highest BCUT2D eigenvalue weighted by molar-refractivity contribution is 7.90. The van der Waals surface area contributed by atoms with Gasteiger partial charge in [0.1, 0.15) is 4.99 Å². The first-order valence-corrected chi connectivity index (χ1v) is 7.37. The largest absolute Gasteiger partial charge is 0.389 e. The molecular formula is C11H17N3O2S2. The van der Waals surface area contributed by atoms with E-state index >= 15 is 0 Å². The highest BCUT2D eigenvalue weighted by Crippen LogP contribution is 2.20. The minimum atomic E-state index is -3.56. The Balaban J connectivity index is 3.11. The third-order valence-electron chi connectivity index (χ3n) is 2.40. The summed E-state index contributed by atoms with van der Waals surface area (Å²) in [6.07, 6.45) is 0.726. The third kappa shape index (κ3) is 3.41. The summed E-state index contributed by atoms with van der Waals surface area (Å²) in [7, 11) is -2.10. The Labute approximate surface area is 113 Å². The molecule has 7 heteroatoms. The van der Waals surface area contributed by atoms with Crippen LogP contribution >= 0.6 is 12.2 Å². The van der Waals surface area contributed by atoms with Crippen molar-refractivity contribution >= 4 is 33.1 Å². The summed E-state index contributed by atoms with van der Waals surface area (Å²) in [6, 6.07) is 6.87. The third-order valence-corrected chi connectivity index (χ3v) is 4.11. The molecule has 0 aliphatic heterocycles. The van der Waals surface area contributed by atoms with E-state index in [2.05, 4.69) is 4.72 Å². The molecule has 0 aliphatic carbocycles. The standard InChI is InChI=1S/C11H17N3O2S2/c1-3-8-13-18(15,16)14(2)10-7-5-4-6-9(10)11(12)17/h4-7,13H,3,8H2,1-2H3,(H2,12,17). The van der Waals surface area contributed by atoms with Gasteiger partial charge in [-0.25, -0.2) is 0 Å². The van der Waals surface area contributed by atoms with Gasteiger partial charge in [-0.1, -0.05) is 31.3 Å². The fourth-order valence-corrected chi connectivity index (χ4v) is 2.66. The van der Waals surface area contributed by atoms with E-state index in [9.17, 15) is 8.42 Å². The molecule has 5 nitrogen and oxygen atoms in total. The molecule has 0 saturated carbocycles. The molecule has 1 rings (SSSR count). The Bertz CT molecular complexity index is 529. The van der Waals surface area contributed by atoms with Crippen molar-refractivity contribution in [3.05, 3.63) is 29.8 Å². The van der Waals surface area contributed by atoms with Crippen LogP contribution in [0.5, 0.6) is 0 Å². The molecule has 0 amide bonds. The molecule has 0 saturated heterocycles. The zero-order chi connectivity index (χ0) is 13.8. The van der Waals surface area contributed by atoms with Crippen molar-refractivity contribution in [3.8, 4) is 0 Å². The number of nitrogens with zero attached hydrogens (tertiary/aromatic N) is 1. The molecule has 18 heavy (non-hydrogen) atoms. The average molecular weight is 287 g/mol. The monoisotopic (exact) mass is 287 g/mol. The number of benzene rings is 1. The van der Waals surface area contributed by atoms with Crippen molar-refractivity contribution in [2.24, 2.45) is 5.73 Å². The fraction of sp³-hybridized carbons (Fsp3) is 0.364. The molecule has 1 aromatic carbocycles. The zero-order valence-electron chi connectivity index (χ0n) is 10.4. The van der Waals surface area contributed by atoms with Gasteiger partial charge >= 0.3 is 10.2 Å². The van der Waals surface area contributed by atoms with Crippen molar-refractivity contribution in [2.75, 3.05) is 17.9 Å². The van der Waals surface area contributed by atoms with Gasteiger partial charge in [0.25, 0.3) is 0 Å². The summed E-state index contributed by atoms with van der Waals surface area (Å²) in [4.78, 5) is 0.170. The van der Waals surface area contributed by atoms with Crippen LogP contribution in [0.25, 0.3) is 0 Å². The second-order valence-corrected chi connectivity index (χ2v) is 5.97. The highest BCUT2D eigenvalue weighted by Gasteiger charge is 2.20. The summed E-state index contributed by atoms with van der Waals surface area (Å²) >= 11 is 4.92. The molecule has 1 aromatic rings. The molecule has 0 aliphatic rings. The van der Waals surface area contributed by atoms with Crippen LogP contribution in [0.3, 0.4) is 0 Å². The Hall–Kier alpha value is -1.18. The lowest BCUT2D eigenvalue weighted by atomic mass is 10.2. The van der Waals surface area contributed by atoms with E-state index < -0.39 is 10.2 Å². The number of para-hydroxylation sites is 1. The quantitative estimate of drug-likeness (QED) is 0.765. The van der Waals surface area contributed by atoms with Gasteiger partial charge in [-0.15, -0.1) is 0 Å². The number of hydrogen-bond acceptors (Lipinski definition) is 3. The number of nitrogens with one attached hydrogen (secondary N) is 1. The molecule has 0 aromatic heterocycles. The maximum absolute atomic E-state index is 12.0. The number of hydrogen-bond donors (Lipinski definition) is 2. The van der Waals surface area contributed by atoms with Crippen LogP contribution < -0.4 is 14.8 Å². The zero-order valence-corrected chi connectivity index (χ0v) is 12.0. The van der Waals surface area contributed by atoms with Crippen molar-refractivity contribution in [3.63, 3.8) is 0 Å². The first-order valence-electron chi connectivity index (χ1n) is 5.52. The molecule has 0 spiro atoms. The number of nitrogens with two attached hydrogens (primary N) is 1. The lowest BCUT2D eigenvalue weighted by molar-refractivity contribution is 0.579. The predicted molar refractivity (Wildman–Crippen MR) is 77.9 cm³/mol. The second-order valence-electron chi connectivity index (χ2n) is 3.75. The lowest BCUT2D eigenvalue weighted by Gasteiger charge is -2.22. The van der Waals surface area contributed by atoms with Gasteiger partial charge < -0.3 is 5.73 Å². The van der Waals surface area contributed by atoms with Crippen LogP contribution in [-0.2, 0) is 10.2 Å². The van der Waals surface area contributed by atoms with Gasteiger partial charge in [-0.05, 0) is 18.6 Å². The summed E-state index contributed by atoms with van der Waals surface area (Å²) in [5, 5.41) is 0. The smallest absolute Gasteiger partial charge is 0.301 e. The highest BCUT2D eigenvalue weighted by atomic mass is 32.2. The first-order chi connectivity index (χ1) is 8.40. The van der Waals surface area contributed by atoms with E-state index in [0.717, 1.165) is 10.7 Å². The number of rotatable bonds is 6. The Morgan fingerprint density at radius 2 is 2.06 bits per heavy atom. The summed E-state index contributed by atoms with van der Waals surface area (Å²) in [6.45, 7) is 2.29. The minimum Gasteiger partial charge on any atom is -0.389 e. The lowest BCUT2D eigenvalue weighted by Crippen LogP contribution is -2.39. The van der Waals surface area contributed by atoms with Gasteiger partial charge in [-0.2, -0.15) is 13.1 Å². The second kappa shape index (κ2) is 6.12. The number of anilines is 1. The SMILES string of the molecule is CCCNS(=O)(=O)N(C)c1ccccc1C(N)=S. The predicted octanol–water partition coefficient (Wildman–Crippen LogP) is 1.00. The van der Waals surface area contributed by atoms with Gasteiger partial charge in [0.2, 0.25) is 0 Å². The van der Waals surface area contributed by atoms with Crippen molar-refractivity contribution in [1.29, 1.82) is 0 Å². The van der Waals surface area contributed by atoms with Gasteiger partial charge in [0, 0.05) is 19.2 Å². The Morgan fingerprint density at radius 1 is 1.44 bits per heavy atom. The average Bonchev–Trinajstić information content (AvgIpc) is 2.35. The summed E-state index contributed by atoms with van der Waals surface area (Å²) in [5.41, 5.74) is 6.59. The topological polar surface area (TPSA) is 75.4 Å². The molecule has 0 bridgehead atoms. The van der Waals surface area contributed by atoms with E-state index in [-0.39, 0.29) is 4.99 Å². The molecule has 0 unspecified atom stereocenters. The van der Waals surface area contributed by atoms with Crippen LogP contribution in [0, 0.1) is 0 Å². The van der Waals surface area contributed by atoms with Crippen molar-refractivity contribution in [1.82, 2.24) is 4.72 Å². The fourth-order valence-electron chi connectivity index (χ4n) is 1.41. The normalized spacial score (nSPS) is 11.2. The van der Waals surface area contributed by atoms with Crippen LogP contribution in [0.15, 0.2) is 24.3 Å². The molecule has 100 valence electrons.